The molecule has 3 nitrogen and oxygen atoms in total. The maximum atomic E-state index is 12.2. The van der Waals surface area contributed by atoms with Crippen molar-refractivity contribution in [1.29, 1.82) is 0 Å². The van der Waals surface area contributed by atoms with Gasteiger partial charge in [-0.2, -0.15) is 0 Å². The molecule has 0 amide bonds. The number of rotatable bonds is 5. The number of likely N-dealkylation sites (N-methyl/N-ethyl adjacent to an activating group) is 1. The topological polar surface area (TPSA) is 42.2 Å². The van der Waals surface area contributed by atoms with Crippen molar-refractivity contribution in [1.82, 2.24) is 5.32 Å². The lowest BCUT2D eigenvalue weighted by molar-refractivity contribution is 0.0945. The molecule has 0 spiro atoms. The van der Waals surface area contributed by atoms with Crippen LogP contribution in [0.15, 0.2) is 34.9 Å². The number of Topliss-reactive ketones (excluding diaryl/α,β-unsaturated/α-hetero) is 1. The van der Waals surface area contributed by atoms with Crippen LogP contribution in [0.3, 0.4) is 0 Å². The highest BCUT2D eigenvalue weighted by Crippen LogP contribution is 2.18. The predicted octanol–water partition coefficient (Wildman–Crippen LogP) is 2.83. The number of furan rings is 1. The fourth-order valence-electron chi connectivity index (χ4n) is 1.82. The first kappa shape index (κ1) is 12.1. The number of carbonyl (C=O) groups is 1. The molecule has 1 aromatic carbocycles. The smallest absolute Gasteiger partial charge is 0.179 e. The van der Waals surface area contributed by atoms with E-state index in [-0.39, 0.29) is 11.8 Å². The molecular weight excluding hydrogens is 238 g/mol. The van der Waals surface area contributed by atoms with Gasteiger partial charge in [0, 0.05) is 16.8 Å². The zero-order valence-corrected chi connectivity index (χ0v) is 10.3. The van der Waals surface area contributed by atoms with E-state index in [1.54, 1.807) is 19.4 Å². The first-order chi connectivity index (χ1) is 8.26. The van der Waals surface area contributed by atoms with E-state index in [1.807, 2.05) is 18.2 Å². The van der Waals surface area contributed by atoms with Gasteiger partial charge in [-0.05, 0) is 25.6 Å². The second-order valence-corrected chi connectivity index (χ2v) is 4.23. The van der Waals surface area contributed by atoms with E-state index in [0.29, 0.717) is 17.9 Å². The number of hydrogen-bond acceptors (Lipinski definition) is 3. The van der Waals surface area contributed by atoms with Crippen LogP contribution < -0.4 is 5.32 Å². The van der Waals surface area contributed by atoms with Crippen molar-refractivity contribution in [2.24, 2.45) is 0 Å². The van der Waals surface area contributed by atoms with Crippen molar-refractivity contribution in [3.63, 3.8) is 0 Å². The van der Waals surface area contributed by atoms with Gasteiger partial charge in [-0.3, -0.25) is 4.79 Å². The quantitative estimate of drug-likeness (QED) is 0.656. The summed E-state index contributed by atoms with van der Waals surface area (Å²) in [6.07, 6.45) is 2.24. The first-order valence-corrected chi connectivity index (χ1v) is 6.04. The molecule has 2 aromatic rings. The summed E-state index contributed by atoms with van der Waals surface area (Å²) in [5.74, 6) is 0.506. The Kier molecular flexibility index (Phi) is 3.82. The van der Waals surface area contributed by atoms with Gasteiger partial charge in [0.2, 0.25) is 0 Å². The Balaban J connectivity index is 2.28. The molecule has 0 saturated carbocycles. The van der Waals surface area contributed by atoms with E-state index >= 15 is 0 Å². The highest BCUT2D eigenvalue weighted by atomic mass is 35.5. The van der Waals surface area contributed by atoms with Crippen LogP contribution in [0, 0.1) is 0 Å². The summed E-state index contributed by atoms with van der Waals surface area (Å²) in [4.78, 5) is 12.2. The molecule has 1 heterocycles. The largest absolute Gasteiger partial charge is 0.464 e. The van der Waals surface area contributed by atoms with Gasteiger partial charge in [0.15, 0.2) is 5.78 Å². The lowest BCUT2D eigenvalue weighted by atomic mass is 10.0. The summed E-state index contributed by atoms with van der Waals surface area (Å²) in [5.41, 5.74) is 1.38. The Morgan fingerprint density at radius 1 is 1.47 bits per heavy atom. The molecule has 2 rings (SSSR count). The molecule has 0 fully saturated rings. The van der Waals surface area contributed by atoms with Gasteiger partial charge in [0.1, 0.15) is 5.58 Å². The molecule has 0 radical (unpaired) electrons. The molecule has 1 atom stereocenters. The fourth-order valence-corrected chi connectivity index (χ4v) is 2.04. The number of nitrogens with one attached hydrogen (secondary N) is 1. The second-order valence-electron chi connectivity index (χ2n) is 3.86. The molecule has 1 N–H and O–H groups in total. The van der Waals surface area contributed by atoms with Gasteiger partial charge in [-0.1, -0.05) is 12.1 Å². The highest BCUT2D eigenvalue weighted by Gasteiger charge is 2.18. The minimum atomic E-state index is -0.236. The Hall–Kier alpha value is -1.32. The van der Waals surface area contributed by atoms with Crippen molar-refractivity contribution in [2.75, 3.05) is 12.9 Å². The van der Waals surface area contributed by atoms with Crippen LogP contribution in [0.1, 0.15) is 16.8 Å². The SMILES string of the molecule is CNC(CCCl)C(=O)c1ccc2ccoc2c1. The number of halogens is 1. The molecule has 1 aromatic heterocycles. The molecule has 1 unspecified atom stereocenters. The van der Waals surface area contributed by atoms with Crippen LogP contribution in [0.5, 0.6) is 0 Å². The lowest BCUT2D eigenvalue weighted by Gasteiger charge is -2.13. The zero-order valence-electron chi connectivity index (χ0n) is 9.57. The number of ketones is 1. The molecule has 0 aliphatic carbocycles. The first-order valence-electron chi connectivity index (χ1n) is 5.51. The Labute approximate surface area is 105 Å². The van der Waals surface area contributed by atoms with Crippen LogP contribution in [-0.2, 0) is 0 Å². The van der Waals surface area contributed by atoms with Crippen molar-refractivity contribution in [2.45, 2.75) is 12.5 Å². The maximum absolute atomic E-state index is 12.2. The van der Waals surface area contributed by atoms with Crippen LogP contribution in [-0.4, -0.2) is 24.8 Å². The third-order valence-corrected chi connectivity index (χ3v) is 3.02. The third kappa shape index (κ3) is 2.51. The predicted molar refractivity (Wildman–Crippen MR) is 68.7 cm³/mol. The van der Waals surface area contributed by atoms with Gasteiger partial charge in [0.25, 0.3) is 0 Å². The average molecular weight is 252 g/mol. The molecule has 0 bridgehead atoms. The zero-order chi connectivity index (χ0) is 12.3. The molecule has 17 heavy (non-hydrogen) atoms. The third-order valence-electron chi connectivity index (χ3n) is 2.80. The van der Waals surface area contributed by atoms with Crippen molar-refractivity contribution in [3.05, 3.63) is 36.1 Å². The van der Waals surface area contributed by atoms with E-state index in [9.17, 15) is 4.79 Å². The van der Waals surface area contributed by atoms with Gasteiger partial charge < -0.3 is 9.73 Å². The van der Waals surface area contributed by atoms with E-state index < -0.39 is 0 Å². The lowest BCUT2D eigenvalue weighted by Crippen LogP contribution is -2.34. The van der Waals surface area contributed by atoms with E-state index in [2.05, 4.69) is 5.32 Å². The van der Waals surface area contributed by atoms with Crippen molar-refractivity contribution >= 4 is 28.4 Å². The highest BCUT2D eigenvalue weighted by molar-refractivity contribution is 6.18. The summed E-state index contributed by atoms with van der Waals surface area (Å²) in [6, 6.07) is 7.12. The minimum absolute atomic E-state index is 0.0476. The number of benzene rings is 1. The molecule has 90 valence electrons. The van der Waals surface area contributed by atoms with Gasteiger partial charge in [-0.25, -0.2) is 0 Å². The van der Waals surface area contributed by atoms with Crippen LogP contribution in [0.2, 0.25) is 0 Å². The normalized spacial score (nSPS) is 12.8. The number of hydrogen-bond donors (Lipinski definition) is 1. The van der Waals surface area contributed by atoms with Crippen molar-refractivity contribution < 1.29 is 9.21 Å². The van der Waals surface area contributed by atoms with E-state index in [1.165, 1.54) is 0 Å². The minimum Gasteiger partial charge on any atom is -0.464 e. The summed E-state index contributed by atoms with van der Waals surface area (Å²) < 4.78 is 5.28. The van der Waals surface area contributed by atoms with Gasteiger partial charge >= 0.3 is 0 Å². The average Bonchev–Trinajstić information content (AvgIpc) is 2.82. The van der Waals surface area contributed by atoms with Gasteiger partial charge in [-0.15, -0.1) is 11.6 Å². The molecule has 0 aliphatic heterocycles. The fraction of sp³-hybridized carbons (Fsp3) is 0.308. The van der Waals surface area contributed by atoms with Crippen LogP contribution >= 0.6 is 11.6 Å². The van der Waals surface area contributed by atoms with Crippen LogP contribution in [0.25, 0.3) is 11.0 Å². The summed E-state index contributed by atoms with van der Waals surface area (Å²) >= 11 is 5.67. The number of alkyl halides is 1. The Morgan fingerprint density at radius 2 is 2.29 bits per heavy atom. The van der Waals surface area contributed by atoms with Gasteiger partial charge in [0.05, 0.1) is 12.3 Å². The second kappa shape index (κ2) is 5.34. The van der Waals surface area contributed by atoms with E-state index in [4.69, 9.17) is 16.0 Å². The number of carbonyl (C=O) groups excluding carboxylic acids is 1. The molecule has 0 saturated heterocycles. The molecule has 4 heteroatoms. The molecular formula is C13H14ClNO2. The summed E-state index contributed by atoms with van der Waals surface area (Å²) in [5, 5.41) is 3.98. The Morgan fingerprint density at radius 3 is 3.00 bits per heavy atom. The number of fused-ring (bicyclic) bond motifs is 1. The van der Waals surface area contributed by atoms with E-state index in [0.717, 1.165) is 11.0 Å². The monoisotopic (exact) mass is 251 g/mol. The summed E-state index contributed by atoms with van der Waals surface area (Å²) in [6.45, 7) is 0. The Bertz CT molecular complexity index is 521. The molecule has 0 aliphatic rings. The maximum Gasteiger partial charge on any atom is 0.179 e. The van der Waals surface area contributed by atoms with Crippen LogP contribution in [0.4, 0.5) is 0 Å². The standard InChI is InChI=1S/C13H14ClNO2/c1-15-11(4-6-14)13(16)10-3-2-9-5-7-17-12(9)8-10/h2-3,5,7-8,11,15H,4,6H2,1H3. The summed E-state index contributed by atoms with van der Waals surface area (Å²) in [7, 11) is 1.76. The van der Waals surface area contributed by atoms with Crippen molar-refractivity contribution in [3.8, 4) is 0 Å².